The number of sulfonamides is 1. The molecule has 33 heavy (non-hydrogen) atoms. The van der Waals surface area contributed by atoms with Crippen molar-refractivity contribution >= 4 is 32.7 Å². The third-order valence-corrected chi connectivity index (χ3v) is 7.58. The van der Waals surface area contributed by atoms with Crippen LogP contribution in [-0.2, 0) is 27.8 Å². The molecule has 0 bridgehead atoms. The van der Waals surface area contributed by atoms with E-state index in [0.717, 1.165) is 30.1 Å². The minimum absolute atomic E-state index is 0.111. The molecule has 178 valence electrons. The normalized spacial score (nSPS) is 11.8. The van der Waals surface area contributed by atoms with E-state index in [2.05, 4.69) is 16.8 Å². The van der Waals surface area contributed by atoms with Gasteiger partial charge >= 0.3 is 0 Å². The average molecular weight is 473 g/mol. The van der Waals surface area contributed by atoms with Crippen LogP contribution in [0.25, 0.3) is 11.0 Å². The van der Waals surface area contributed by atoms with Gasteiger partial charge in [0.05, 0.1) is 23.0 Å². The fourth-order valence-electron chi connectivity index (χ4n) is 3.82. The highest BCUT2D eigenvalue weighted by atomic mass is 32.2. The van der Waals surface area contributed by atoms with E-state index in [-0.39, 0.29) is 17.2 Å². The number of benzene rings is 2. The summed E-state index contributed by atoms with van der Waals surface area (Å²) in [6.07, 6.45) is 1.62. The first-order valence-electron chi connectivity index (χ1n) is 11.3. The van der Waals surface area contributed by atoms with Gasteiger partial charge in [-0.05, 0) is 48.9 Å². The maximum absolute atomic E-state index is 12.9. The Balaban J connectivity index is 1.81. The number of rotatable bonds is 11. The van der Waals surface area contributed by atoms with Crippen LogP contribution in [0.3, 0.4) is 0 Å². The van der Waals surface area contributed by atoms with Gasteiger partial charge in [0, 0.05) is 38.2 Å². The fourth-order valence-corrected chi connectivity index (χ4v) is 5.30. The lowest BCUT2D eigenvalue weighted by Crippen LogP contribution is -2.30. The molecule has 0 atom stereocenters. The first-order chi connectivity index (χ1) is 15.8. The molecule has 1 amide bonds. The van der Waals surface area contributed by atoms with Crippen LogP contribution in [0.1, 0.15) is 39.4 Å². The van der Waals surface area contributed by atoms with E-state index >= 15 is 0 Å². The predicted molar refractivity (Wildman–Crippen MR) is 130 cm³/mol. The average Bonchev–Trinajstić information content (AvgIpc) is 3.16. The van der Waals surface area contributed by atoms with E-state index in [1.54, 1.807) is 43.5 Å². The van der Waals surface area contributed by atoms with Crippen molar-refractivity contribution in [3.63, 3.8) is 0 Å². The number of methoxy groups -OCH3 is 1. The molecule has 0 unspecified atom stereocenters. The minimum Gasteiger partial charge on any atom is -0.497 e. The van der Waals surface area contributed by atoms with E-state index < -0.39 is 10.0 Å². The van der Waals surface area contributed by atoms with Crippen LogP contribution in [0.15, 0.2) is 47.4 Å². The number of carbonyl (C=O) groups excluding carboxylic acids is 1. The Labute approximate surface area is 195 Å². The maximum atomic E-state index is 12.9. The third-order valence-electron chi connectivity index (χ3n) is 5.54. The summed E-state index contributed by atoms with van der Waals surface area (Å²) in [5.41, 5.74) is 2.21. The number of aryl methyl sites for hydroxylation is 2. The van der Waals surface area contributed by atoms with Crippen molar-refractivity contribution in [2.45, 2.75) is 51.5 Å². The molecule has 9 heteroatoms. The van der Waals surface area contributed by atoms with Gasteiger partial charge in [-0.1, -0.05) is 20.8 Å². The molecule has 1 aromatic heterocycles. The maximum Gasteiger partial charge on any atom is 0.243 e. The molecule has 8 nitrogen and oxygen atoms in total. The molecule has 1 N–H and O–H groups in total. The van der Waals surface area contributed by atoms with Gasteiger partial charge in [0.1, 0.15) is 11.6 Å². The second-order valence-corrected chi connectivity index (χ2v) is 9.63. The number of ether oxygens (including phenoxy) is 1. The van der Waals surface area contributed by atoms with E-state index in [9.17, 15) is 13.2 Å². The van der Waals surface area contributed by atoms with Gasteiger partial charge in [-0.25, -0.2) is 13.4 Å². The second-order valence-electron chi connectivity index (χ2n) is 7.70. The van der Waals surface area contributed by atoms with Crippen molar-refractivity contribution in [2.75, 3.05) is 25.5 Å². The lowest BCUT2D eigenvalue weighted by atomic mass is 10.2. The summed E-state index contributed by atoms with van der Waals surface area (Å²) in [5, 5.41) is 2.89. The molecule has 0 aliphatic heterocycles. The Hall–Kier alpha value is -2.91. The first kappa shape index (κ1) is 24.7. The molecule has 0 saturated heterocycles. The largest absolute Gasteiger partial charge is 0.497 e. The quantitative estimate of drug-likeness (QED) is 0.454. The zero-order valence-corrected chi connectivity index (χ0v) is 20.5. The van der Waals surface area contributed by atoms with Crippen molar-refractivity contribution in [1.29, 1.82) is 0 Å². The van der Waals surface area contributed by atoms with Gasteiger partial charge in [0.2, 0.25) is 15.9 Å². The number of nitrogens with one attached hydrogen (secondary N) is 1. The third kappa shape index (κ3) is 5.54. The molecule has 0 saturated carbocycles. The van der Waals surface area contributed by atoms with Gasteiger partial charge in [0.15, 0.2) is 0 Å². The summed E-state index contributed by atoms with van der Waals surface area (Å²) in [6.45, 7) is 7.29. The van der Waals surface area contributed by atoms with Gasteiger partial charge in [0.25, 0.3) is 0 Å². The number of aromatic nitrogens is 2. The molecular weight excluding hydrogens is 440 g/mol. The van der Waals surface area contributed by atoms with Crippen molar-refractivity contribution in [3.8, 4) is 5.75 Å². The number of amides is 1. The molecule has 3 rings (SSSR count). The summed E-state index contributed by atoms with van der Waals surface area (Å²) >= 11 is 0. The lowest BCUT2D eigenvalue weighted by Gasteiger charge is -2.18. The molecule has 2 aromatic carbocycles. The van der Waals surface area contributed by atoms with Crippen LogP contribution in [0.5, 0.6) is 5.75 Å². The molecule has 0 aliphatic carbocycles. The predicted octanol–water partition coefficient (Wildman–Crippen LogP) is 4.06. The summed E-state index contributed by atoms with van der Waals surface area (Å²) < 4.78 is 34.5. The Morgan fingerprint density at radius 2 is 1.79 bits per heavy atom. The van der Waals surface area contributed by atoms with Crippen molar-refractivity contribution in [3.05, 3.63) is 48.3 Å². The number of carbonyl (C=O) groups is 1. The molecule has 0 fully saturated rings. The molecule has 1 heterocycles. The Kier molecular flexibility index (Phi) is 8.10. The van der Waals surface area contributed by atoms with Crippen LogP contribution >= 0.6 is 0 Å². The van der Waals surface area contributed by atoms with E-state index in [1.165, 1.54) is 4.31 Å². The number of anilines is 1. The SMILES string of the molecule is CCCn1c(CCC(=O)Nc2ccc(OC)cc2)nc2cc(S(=O)(=O)N(CC)CC)ccc21. The van der Waals surface area contributed by atoms with Gasteiger partial charge < -0.3 is 14.6 Å². The molecular formula is C24H32N4O4S. The van der Waals surface area contributed by atoms with Gasteiger partial charge in [-0.2, -0.15) is 4.31 Å². The fraction of sp³-hybridized carbons (Fsp3) is 0.417. The minimum atomic E-state index is -3.56. The van der Waals surface area contributed by atoms with Crippen molar-refractivity contribution < 1.29 is 17.9 Å². The number of hydrogen-bond acceptors (Lipinski definition) is 5. The Morgan fingerprint density at radius 3 is 2.39 bits per heavy atom. The summed E-state index contributed by atoms with van der Waals surface area (Å²) in [5.74, 6) is 1.39. The lowest BCUT2D eigenvalue weighted by molar-refractivity contribution is -0.116. The number of fused-ring (bicyclic) bond motifs is 1. The topological polar surface area (TPSA) is 93.5 Å². The van der Waals surface area contributed by atoms with Crippen molar-refractivity contribution in [1.82, 2.24) is 13.9 Å². The number of imidazole rings is 1. The van der Waals surface area contributed by atoms with Crippen LogP contribution in [0.2, 0.25) is 0 Å². The summed E-state index contributed by atoms with van der Waals surface area (Å²) in [4.78, 5) is 17.4. The first-order valence-corrected chi connectivity index (χ1v) is 12.7. The highest BCUT2D eigenvalue weighted by Crippen LogP contribution is 2.24. The summed E-state index contributed by atoms with van der Waals surface area (Å²) in [7, 11) is -1.97. The van der Waals surface area contributed by atoms with E-state index in [1.807, 2.05) is 19.9 Å². The molecule has 0 aliphatic rings. The molecule has 0 spiro atoms. The van der Waals surface area contributed by atoms with Gasteiger partial charge in [-0.15, -0.1) is 0 Å². The summed E-state index contributed by atoms with van der Waals surface area (Å²) in [6, 6.07) is 12.3. The Morgan fingerprint density at radius 1 is 1.09 bits per heavy atom. The number of nitrogens with zero attached hydrogens (tertiary/aromatic N) is 3. The monoisotopic (exact) mass is 472 g/mol. The van der Waals surface area contributed by atoms with Crippen LogP contribution < -0.4 is 10.1 Å². The highest BCUT2D eigenvalue weighted by Gasteiger charge is 2.23. The second kappa shape index (κ2) is 10.8. The standard InChI is InChI=1S/C24H32N4O4S/c1-5-16-28-22-13-12-20(33(30,31)27(6-2)7-3)17-21(22)26-23(28)14-15-24(29)25-18-8-10-19(32-4)11-9-18/h8-13,17H,5-7,14-16H2,1-4H3,(H,25,29). The van der Waals surface area contributed by atoms with Crippen molar-refractivity contribution in [2.24, 2.45) is 0 Å². The zero-order valence-electron chi connectivity index (χ0n) is 19.7. The number of hydrogen-bond donors (Lipinski definition) is 1. The zero-order chi connectivity index (χ0) is 24.0. The van der Waals surface area contributed by atoms with E-state index in [4.69, 9.17) is 9.72 Å². The highest BCUT2D eigenvalue weighted by molar-refractivity contribution is 7.89. The molecule has 3 aromatic rings. The van der Waals surface area contributed by atoms with Gasteiger partial charge in [-0.3, -0.25) is 4.79 Å². The smallest absolute Gasteiger partial charge is 0.243 e. The van der Waals surface area contributed by atoms with E-state index in [0.29, 0.717) is 30.7 Å². The van der Waals surface area contributed by atoms with Crippen LogP contribution in [0.4, 0.5) is 5.69 Å². The van der Waals surface area contributed by atoms with Crippen LogP contribution in [0, 0.1) is 0 Å². The molecule has 0 radical (unpaired) electrons. The Bertz CT molecular complexity index is 1200. The van der Waals surface area contributed by atoms with Crippen LogP contribution in [-0.4, -0.2) is 48.4 Å².